The van der Waals surface area contributed by atoms with E-state index in [1.165, 1.54) is 6.33 Å². The molecule has 4 aromatic carbocycles. The molecule has 0 aliphatic carbocycles. The van der Waals surface area contributed by atoms with Crippen molar-refractivity contribution in [3.05, 3.63) is 292 Å². The van der Waals surface area contributed by atoms with Crippen molar-refractivity contribution in [3.8, 4) is 90.3 Å². The summed E-state index contributed by atoms with van der Waals surface area (Å²) in [6.07, 6.45) is 20.6. The molecule has 0 atom stereocenters. The monoisotopic (exact) mass is 1920 g/mol. The molecule has 20 heterocycles. The number of hydrogen-bond acceptors (Lipinski definition) is 32. The van der Waals surface area contributed by atoms with Gasteiger partial charge in [0.25, 0.3) is 0 Å². The van der Waals surface area contributed by atoms with E-state index >= 15 is 0 Å². The highest BCUT2D eigenvalue weighted by Crippen LogP contribution is 2.36. The van der Waals surface area contributed by atoms with Crippen molar-refractivity contribution in [2.24, 2.45) is 0 Å². The number of aromatic nitrogens is 20. The highest BCUT2D eigenvalue weighted by atomic mass is 16.5. The van der Waals surface area contributed by atoms with Gasteiger partial charge in [0.05, 0.1) is 95.0 Å². The standard InChI is InChI=1S/C27H24N6O3.2C26H23N7O3.C25H22N8O3/c34-26(15-21-14-25(32-36-21)19-2-1-8-28-17-19)30-20-5-3-18(4-6-20)24-16-22-23(31-24)7-9-29-27(22)33-10-12-35-13-11-33;34-23(15-20-14-22(32-36-20)18-2-1-8-27-16-18)29-19-5-3-17(4-6-19)25-30-21-7-9-28-26(24(21)31-25)33-10-12-35-13-11-33;34-24(13-20-12-23(32-36-20)18-2-1-7-27-15-18)30-19-5-3-17(4-6-19)22-14-21-25(31-22)28-16-29-26(21)33-8-10-35-11-9-33;34-21(13-19-12-20(32-36-19)17-2-1-7-26-14-17)29-18-5-3-16(4-6-18)23-30-22-24(31-23)27-15-28-25(22)33-8-10-35-11-9-33/h1-9,14,16-17,31H,10-13,15H2,(H,30,34);1-9,14,16H,10-13,15H2,(H,29,34)(H,30,31);1-7,12,14-16H,8-11,13H2,(H,30,34)(H,28,29,31);1-7,12,14-15H,8-11,13H2,(H,29,34)(H,27,28,30,31). The van der Waals surface area contributed by atoms with Crippen molar-refractivity contribution in [2.45, 2.75) is 25.7 Å². The smallest absolute Gasteiger partial charge is 0.232 e. The lowest BCUT2D eigenvalue weighted by molar-refractivity contribution is -0.116. The summed E-state index contributed by atoms with van der Waals surface area (Å²) in [6.45, 7) is 11.9. The summed E-state index contributed by atoms with van der Waals surface area (Å²) in [5, 5.41) is 29.8. The number of carbonyl (C=O) groups excluding carboxylic acids is 4. The molecule has 16 aromatic heterocycles. The van der Waals surface area contributed by atoms with Crippen molar-refractivity contribution >= 4 is 114 Å². The number of H-pyrrole nitrogens is 4. The zero-order chi connectivity index (χ0) is 97.3. The lowest BCUT2D eigenvalue weighted by Gasteiger charge is -2.28. The number of morpholine rings is 4. The Labute approximate surface area is 819 Å². The lowest BCUT2D eigenvalue weighted by Crippen LogP contribution is -2.36. The summed E-state index contributed by atoms with van der Waals surface area (Å²) in [5.74, 6) is 6.17. The molecule has 24 rings (SSSR count). The zero-order valence-corrected chi connectivity index (χ0v) is 77.4. The minimum absolute atomic E-state index is 0.0710. The molecule has 4 amide bonds. The number of ether oxygens (including phenoxy) is 4. The van der Waals surface area contributed by atoms with Crippen LogP contribution in [0.2, 0.25) is 0 Å². The minimum atomic E-state index is -0.203. The van der Waals surface area contributed by atoms with Crippen LogP contribution in [0.3, 0.4) is 0 Å². The molecular weight excluding hydrogens is 1830 g/mol. The van der Waals surface area contributed by atoms with Crippen molar-refractivity contribution in [1.82, 2.24) is 100 Å². The highest BCUT2D eigenvalue weighted by molar-refractivity contribution is 5.99. The molecule has 0 radical (unpaired) electrons. The molecule has 4 fully saturated rings. The Morgan fingerprint density at radius 3 is 1.06 bits per heavy atom. The average Bonchev–Trinajstić information content (AvgIpc) is 1.65. The van der Waals surface area contributed by atoms with Crippen LogP contribution in [0.15, 0.2) is 287 Å². The second kappa shape index (κ2) is 43.4. The topological polar surface area (TPSA) is 488 Å². The highest BCUT2D eigenvalue weighted by Gasteiger charge is 2.26. The first-order valence-electron chi connectivity index (χ1n) is 46.6. The van der Waals surface area contributed by atoms with Crippen LogP contribution >= 0.6 is 0 Å². The van der Waals surface area contributed by atoms with Crippen LogP contribution in [0, 0.1) is 0 Å². The van der Waals surface area contributed by atoms with E-state index in [-0.39, 0.29) is 49.3 Å². The summed E-state index contributed by atoms with van der Waals surface area (Å²) in [6, 6.07) is 60.4. The van der Waals surface area contributed by atoms with Crippen molar-refractivity contribution in [3.63, 3.8) is 0 Å². The summed E-state index contributed by atoms with van der Waals surface area (Å²) < 4.78 is 43.1. The normalized spacial score (nSPS) is 13.7. The van der Waals surface area contributed by atoms with Gasteiger partial charge in [0.2, 0.25) is 23.6 Å². The number of carbonyl (C=O) groups is 4. The first-order valence-corrected chi connectivity index (χ1v) is 46.6. The molecule has 144 heavy (non-hydrogen) atoms. The molecule has 4 aliphatic rings. The van der Waals surface area contributed by atoms with Crippen LogP contribution in [0.5, 0.6) is 0 Å². The molecule has 0 bridgehead atoms. The maximum absolute atomic E-state index is 12.5. The van der Waals surface area contributed by atoms with Crippen molar-refractivity contribution in [2.75, 3.05) is 146 Å². The van der Waals surface area contributed by atoms with Gasteiger partial charge in [-0.2, -0.15) is 0 Å². The fourth-order valence-electron chi connectivity index (χ4n) is 16.9. The quantitative estimate of drug-likeness (QED) is 0.0278. The number of imidazole rings is 2. The van der Waals surface area contributed by atoms with Crippen LogP contribution in [0.25, 0.3) is 134 Å². The number of benzene rings is 4. The Morgan fingerprint density at radius 1 is 0.306 bits per heavy atom. The van der Waals surface area contributed by atoms with Crippen LogP contribution < -0.4 is 40.9 Å². The molecule has 0 spiro atoms. The number of anilines is 8. The van der Waals surface area contributed by atoms with E-state index in [2.05, 4.69) is 148 Å². The minimum Gasteiger partial charge on any atom is -0.378 e. The molecule has 0 unspecified atom stereocenters. The average molecular weight is 1930 g/mol. The van der Waals surface area contributed by atoms with Crippen LogP contribution in [0.1, 0.15) is 23.0 Å². The maximum atomic E-state index is 12.5. The third-order valence-electron chi connectivity index (χ3n) is 24.1. The van der Waals surface area contributed by atoms with Gasteiger partial charge in [-0.25, -0.2) is 39.9 Å². The number of nitrogens with zero attached hydrogens (tertiary/aromatic N) is 20. The van der Waals surface area contributed by atoms with E-state index in [0.717, 1.165) is 176 Å². The number of amides is 4. The first kappa shape index (κ1) is 92.1. The van der Waals surface area contributed by atoms with Gasteiger partial charge < -0.3 is 97.8 Å². The number of pyridine rings is 6. The predicted molar refractivity (Wildman–Crippen MR) is 538 cm³/mol. The molecule has 40 nitrogen and oxygen atoms in total. The zero-order valence-electron chi connectivity index (χ0n) is 77.4. The van der Waals surface area contributed by atoms with Crippen molar-refractivity contribution < 1.29 is 56.2 Å². The Hall–Kier alpha value is -18.3. The Bertz CT molecular complexity index is 6870. The van der Waals surface area contributed by atoms with Crippen LogP contribution in [-0.4, -0.2) is 229 Å². The third-order valence-corrected chi connectivity index (χ3v) is 24.1. The van der Waals surface area contributed by atoms with Gasteiger partial charge in [-0.1, -0.05) is 44.9 Å². The third kappa shape index (κ3) is 22.2. The number of nitrogens with one attached hydrogen (secondary N) is 8. The van der Waals surface area contributed by atoms with E-state index in [1.54, 1.807) is 86.4 Å². The van der Waals surface area contributed by atoms with E-state index in [9.17, 15) is 19.2 Å². The second-order valence-electron chi connectivity index (χ2n) is 33.8. The second-order valence-corrected chi connectivity index (χ2v) is 33.8. The fraction of sp³-hybridized carbons (Fsp3) is 0.192. The fourth-order valence-corrected chi connectivity index (χ4v) is 16.9. The molecule has 40 heteroatoms. The molecule has 20 aromatic rings. The van der Waals surface area contributed by atoms with Gasteiger partial charge in [-0.05, 0) is 157 Å². The van der Waals surface area contributed by atoms with Crippen LogP contribution in [0.4, 0.5) is 46.0 Å². The van der Waals surface area contributed by atoms with E-state index < -0.39 is 0 Å². The van der Waals surface area contributed by atoms with Gasteiger partial charge in [0, 0.05) is 211 Å². The number of aromatic amines is 4. The van der Waals surface area contributed by atoms with E-state index in [0.29, 0.717) is 133 Å². The SMILES string of the molecule is O=C(Cc1cc(-c2cccnc2)no1)Nc1ccc(-c2cc3c(N4CCOCC4)nccc3[nH]2)cc1.O=C(Cc1cc(-c2cccnc2)no1)Nc1ccc(-c2cc3c(N4CCOCC4)ncnc3[nH]2)cc1.O=C(Cc1cc(-c2cccnc2)no1)Nc1ccc(-c2nc3c(N4CCOCC4)nccc3[nH]2)cc1.O=C(Cc1cc(-c2cccnc2)no1)Nc1ccc(-c2nc3ncnc(N4CCOCC4)c3[nH]2)cc1. The summed E-state index contributed by atoms with van der Waals surface area (Å²) >= 11 is 0. The molecule has 4 saturated heterocycles. The van der Waals surface area contributed by atoms with E-state index in [4.69, 9.17) is 42.0 Å². The first-order chi connectivity index (χ1) is 70.9. The Morgan fingerprint density at radius 2 is 0.653 bits per heavy atom. The number of hydrogen-bond donors (Lipinski definition) is 8. The molecular formula is C104H92N28O12. The van der Waals surface area contributed by atoms with Gasteiger partial charge in [-0.3, -0.25) is 39.1 Å². The van der Waals surface area contributed by atoms with Gasteiger partial charge in [-0.15, -0.1) is 0 Å². The summed E-state index contributed by atoms with van der Waals surface area (Å²) in [7, 11) is 0. The van der Waals surface area contributed by atoms with Gasteiger partial charge >= 0.3 is 0 Å². The Kier molecular flexibility index (Phi) is 27.8. The van der Waals surface area contributed by atoms with Crippen LogP contribution in [-0.2, 0) is 63.8 Å². The summed E-state index contributed by atoms with van der Waals surface area (Å²) in [4.78, 5) is 125. The Balaban J connectivity index is 0.000000113. The van der Waals surface area contributed by atoms with E-state index in [1.807, 2.05) is 164 Å². The van der Waals surface area contributed by atoms with Crippen molar-refractivity contribution in [1.29, 1.82) is 0 Å². The predicted octanol–water partition coefficient (Wildman–Crippen LogP) is 14.8. The summed E-state index contributed by atoms with van der Waals surface area (Å²) in [5.41, 5.74) is 19.4. The molecule has 8 N–H and O–H groups in total. The molecule has 0 saturated carbocycles. The molecule has 720 valence electrons. The van der Waals surface area contributed by atoms with Gasteiger partial charge in [0.1, 0.15) is 98.4 Å². The molecule has 4 aliphatic heterocycles. The maximum Gasteiger partial charge on any atom is 0.232 e. The number of rotatable bonds is 24. The van der Waals surface area contributed by atoms with Gasteiger partial charge in [0.15, 0.2) is 17.3 Å². The largest absolute Gasteiger partial charge is 0.378 e. The lowest BCUT2D eigenvalue weighted by atomic mass is 10.1. The number of fused-ring (bicyclic) bond motifs is 4.